The van der Waals surface area contributed by atoms with Crippen molar-refractivity contribution < 1.29 is 8.78 Å². The van der Waals surface area contributed by atoms with Crippen LogP contribution in [0.3, 0.4) is 0 Å². The molecule has 0 radical (unpaired) electrons. The van der Waals surface area contributed by atoms with E-state index >= 15 is 0 Å². The van der Waals surface area contributed by atoms with Gasteiger partial charge in [-0.2, -0.15) is 4.39 Å². The van der Waals surface area contributed by atoms with Crippen LogP contribution >= 0.6 is 0 Å². The van der Waals surface area contributed by atoms with Crippen LogP contribution < -0.4 is 0 Å². The van der Waals surface area contributed by atoms with Crippen molar-refractivity contribution in [2.24, 2.45) is 4.99 Å². The number of alkyl halides is 1. The highest BCUT2D eigenvalue weighted by Crippen LogP contribution is 1.80. The van der Waals surface area contributed by atoms with Gasteiger partial charge < -0.3 is 0 Å². The van der Waals surface area contributed by atoms with Crippen LogP contribution in [-0.4, -0.2) is 12.8 Å². The van der Waals surface area contributed by atoms with E-state index in [9.17, 15) is 8.78 Å². The lowest BCUT2D eigenvalue weighted by Crippen LogP contribution is -1.79. The third kappa shape index (κ3) is 3.09. The third-order valence-corrected chi connectivity index (χ3v) is 0.379. The number of aliphatic imine (C=N–C) groups is 1. The van der Waals surface area contributed by atoms with Crippen LogP contribution in [-0.2, 0) is 0 Å². The van der Waals surface area contributed by atoms with Crippen LogP contribution in [0.15, 0.2) is 17.6 Å². The first-order valence-electron chi connectivity index (χ1n) is 1.69. The Balaban J connectivity index is 3.49. The van der Waals surface area contributed by atoms with Gasteiger partial charge in [0.15, 0.2) is 6.80 Å². The molecule has 0 fully saturated rings. The summed E-state index contributed by atoms with van der Waals surface area (Å²) in [6.45, 7) is 1.99. The van der Waals surface area contributed by atoms with Crippen LogP contribution in [0.1, 0.15) is 0 Å². The molecule has 0 aromatic carbocycles. The SMILES string of the molecule is C=C/C(F)=N\CF. The van der Waals surface area contributed by atoms with E-state index in [0.29, 0.717) is 0 Å². The first-order valence-corrected chi connectivity index (χ1v) is 1.69. The fourth-order valence-corrected chi connectivity index (χ4v) is 0.122. The van der Waals surface area contributed by atoms with E-state index in [2.05, 4.69) is 11.6 Å². The zero-order valence-electron chi connectivity index (χ0n) is 3.69. The quantitative estimate of drug-likeness (QED) is 0.372. The standard InChI is InChI=1S/C4H5F2N/c1-2-4(6)7-3-5/h2H,1,3H2/b7-4+. The Morgan fingerprint density at radius 2 is 2.43 bits per heavy atom. The number of allylic oxidation sites excluding steroid dienone is 1. The second kappa shape index (κ2) is 3.46. The lowest BCUT2D eigenvalue weighted by Gasteiger charge is -1.76. The molecule has 3 heteroatoms. The van der Waals surface area contributed by atoms with Crippen molar-refractivity contribution in [1.29, 1.82) is 0 Å². The average Bonchev–Trinajstić information content (AvgIpc) is 1.68. The maximum absolute atomic E-state index is 11.5. The molecule has 0 atom stereocenters. The predicted octanol–water partition coefficient (Wildman–Crippen LogP) is 1.47. The van der Waals surface area contributed by atoms with Crippen LogP contribution in [0.25, 0.3) is 0 Å². The Bertz CT molecular complexity index is 87.7. The minimum Gasteiger partial charge on any atom is -0.225 e. The largest absolute Gasteiger partial charge is 0.225 e. The second-order valence-corrected chi connectivity index (χ2v) is 0.804. The molecular formula is C4H5F2N. The van der Waals surface area contributed by atoms with Gasteiger partial charge in [0.2, 0.25) is 5.97 Å². The molecule has 7 heavy (non-hydrogen) atoms. The van der Waals surface area contributed by atoms with Gasteiger partial charge >= 0.3 is 0 Å². The second-order valence-electron chi connectivity index (χ2n) is 0.804. The predicted molar refractivity (Wildman–Crippen MR) is 24.7 cm³/mol. The smallest absolute Gasteiger partial charge is 0.210 e. The molecule has 0 aromatic rings. The molecule has 0 spiro atoms. The van der Waals surface area contributed by atoms with Crippen LogP contribution in [0, 0.1) is 0 Å². The van der Waals surface area contributed by atoms with Gasteiger partial charge in [-0.05, 0) is 6.08 Å². The first kappa shape index (κ1) is 6.27. The lowest BCUT2D eigenvalue weighted by molar-refractivity contribution is 0.508. The molecule has 0 saturated carbocycles. The summed E-state index contributed by atoms with van der Waals surface area (Å²) in [6.07, 6.45) is 0.847. The molecule has 0 aliphatic carbocycles. The van der Waals surface area contributed by atoms with Crippen LogP contribution in [0.4, 0.5) is 8.78 Å². The number of halogens is 2. The molecule has 40 valence electrons. The highest BCUT2D eigenvalue weighted by Gasteiger charge is 1.80. The topological polar surface area (TPSA) is 12.4 Å². The number of hydrogen-bond donors (Lipinski definition) is 0. The van der Waals surface area contributed by atoms with Crippen molar-refractivity contribution in [3.05, 3.63) is 12.7 Å². The van der Waals surface area contributed by atoms with E-state index in [1.165, 1.54) is 0 Å². The molecule has 0 aromatic heterocycles. The molecule has 0 rings (SSSR count). The molecule has 0 unspecified atom stereocenters. The Morgan fingerprint density at radius 3 is 2.57 bits per heavy atom. The van der Waals surface area contributed by atoms with Gasteiger partial charge in [-0.25, -0.2) is 9.38 Å². The summed E-state index contributed by atoms with van der Waals surface area (Å²) < 4.78 is 22.5. The summed E-state index contributed by atoms with van der Waals surface area (Å²) in [4.78, 5) is 2.71. The molecule has 0 bridgehead atoms. The van der Waals surface area contributed by atoms with Gasteiger partial charge in [-0.1, -0.05) is 6.58 Å². The number of hydrogen-bond acceptors (Lipinski definition) is 1. The van der Waals surface area contributed by atoms with Crippen LogP contribution in [0.2, 0.25) is 0 Å². The van der Waals surface area contributed by atoms with Gasteiger partial charge in [-0.3, -0.25) is 0 Å². The van der Waals surface area contributed by atoms with E-state index in [-0.39, 0.29) is 0 Å². The van der Waals surface area contributed by atoms with Gasteiger partial charge in [-0.15, -0.1) is 0 Å². The summed E-state index contributed by atoms with van der Waals surface area (Å²) in [6, 6.07) is 0. The molecule has 0 amide bonds. The zero-order chi connectivity index (χ0) is 5.70. The van der Waals surface area contributed by atoms with Crippen molar-refractivity contribution >= 4 is 5.97 Å². The molecule has 0 aliphatic heterocycles. The summed E-state index contributed by atoms with van der Waals surface area (Å²) in [5.74, 6) is -0.859. The monoisotopic (exact) mass is 105 g/mol. The minimum absolute atomic E-state index is 0.847. The molecule has 0 aliphatic rings. The fourth-order valence-electron chi connectivity index (χ4n) is 0.122. The van der Waals surface area contributed by atoms with Gasteiger partial charge in [0.25, 0.3) is 0 Å². The molecule has 0 heterocycles. The van der Waals surface area contributed by atoms with Crippen molar-refractivity contribution in [2.75, 3.05) is 6.80 Å². The van der Waals surface area contributed by atoms with E-state index in [1.807, 2.05) is 0 Å². The fraction of sp³-hybridized carbons (Fsp3) is 0.250. The summed E-state index contributed by atoms with van der Waals surface area (Å²) >= 11 is 0. The Hall–Kier alpha value is -0.730. The number of nitrogens with zero attached hydrogens (tertiary/aromatic N) is 1. The van der Waals surface area contributed by atoms with Crippen molar-refractivity contribution in [3.63, 3.8) is 0 Å². The maximum Gasteiger partial charge on any atom is 0.210 e. The summed E-state index contributed by atoms with van der Waals surface area (Å²) in [5, 5.41) is 0. The maximum atomic E-state index is 11.5. The van der Waals surface area contributed by atoms with Crippen LogP contribution in [0.5, 0.6) is 0 Å². The number of rotatable bonds is 2. The zero-order valence-corrected chi connectivity index (χ0v) is 3.69. The molecular weight excluding hydrogens is 100 g/mol. The van der Waals surface area contributed by atoms with Gasteiger partial charge in [0, 0.05) is 0 Å². The van der Waals surface area contributed by atoms with E-state index in [0.717, 1.165) is 6.08 Å². The highest BCUT2D eigenvalue weighted by atomic mass is 19.1. The minimum atomic E-state index is -1.02. The summed E-state index contributed by atoms with van der Waals surface area (Å²) in [5.41, 5.74) is 0. The van der Waals surface area contributed by atoms with Gasteiger partial charge in [0.05, 0.1) is 0 Å². The van der Waals surface area contributed by atoms with Crippen molar-refractivity contribution in [1.82, 2.24) is 0 Å². The van der Waals surface area contributed by atoms with Crippen molar-refractivity contribution in [2.45, 2.75) is 0 Å². The van der Waals surface area contributed by atoms with E-state index in [4.69, 9.17) is 0 Å². The van der Waals surface area contributed by atoms with Crippen molar-refractivity contribution in [3.8, 4) is 0 Å². The highest BCUT2D eigenvalue weighted by molar-refractivity contribution is 5.85. The normalized spacial score (nSPS) is 11.4. The molecule has 1 nitrogen and oxygen atoms in total. The molecule has 0 saturated heterocycles. The lowest BCUT2D eigenvalue weighted by atomic mass is 10.7. The average molecular weight is 105 g/mol. The summed E-state index contributed by atoms with van der Waals surface area (Å²) in [7, 11) is 0. The Labute approximate surface area is 40.4 Å². The first-order chi connectivity index (χ1) is 3.31. The van der Waals surface area contributed by atoms with Gasteiger partial charge in [0.1, 0.15) is 0 Å². The Morgan fingerprint density at radius 1 is 1.86 bits per heavy atom. The third-order valence-electron chi connectivity index (χ3n) is 0.379. The van der Waals surface area contributed by atoms with E-state index < -0.39 is 12.8 Å². The molecule has 0 N–H and O–H groups in total. The Kier molecular flexibility index (Phi) is 3.10. The van der Waals surface area contributed by atoms with E-state index in [1.54, 1.807) is 0 Å².